The number of hydrogen-bond donors (Lipinski definition) is 1. The topological polar surface area (TPSA) is 68.5 Å². The molecule has 0 spiro atoms. The molecule has 2 N–H and O–H groups in total. The summed E-state index contributed by atoms with van der Waals surface area (Å²) in [4.78, 5) is 22.7. The molecule has 5 nitrogen and oxygen atoms in total. The SMILES string of the molecule is CN1CCc2nc3sc(C(=O)COc4ccccc4)c(N)c3c(-c3cccs3)c2C1. The summed E-state index contributed by atoms with van der Waals surface area (Å²) in [5, 5.41) is 2.97. The Morgan fingerprint density at radius 2 is 2.07 bits per heavy atom. The fourth-order valence-corrected chi connectivity index (χ4v) is 5.74. The molecular weight excluding hydrogens is 414 g/mol. The van der Waals surface area contributed by atoms with Crippen molar-refractivity contribution in [2.24, 2.45) is 0 Å². The number of hydrogen-bond acceptors (Lipinski definition) is 7. The van der Waals surface area contributed by atoms with E-state index in [9.17, 15) is 4.79 Å². The summed E-state index contributed by atoms with van der Waals surface area (Å²) in [5.74, 6) is 0.549. The van der Waals surface area contributed by atoms with Crippen LogP contribution >= 0.6 is 22.7 Å². The van der Waals surface area contributed by atoms with Gasteiger partial charge in [0, 0.05) is 41.0 Å². The maximum absolute atomic E-state index is 13.0. The highest BCUT2D eigenvalue weighted by molar-refractivity contribution is 7.21. The smallest absolute Gasteiger partial charge is 0.212 e. The Morgan fingerprint density at radius 1 is 1.23 bits per heavy atom. The number of fused-ring (bicyclic) bond motifs is 2. The van der Waals surface area contributed by atoms with Gasteiger partial charge in [0.15, 0.2) is 6.61 Å². The van der Waals surface area contributed by atoms with Crippen molar-refractivity contribution in [2.75, 3.05) is 25.9 Å². The van der Waals surface area contributed by atoms with Crippen molar-refractivity contribution in [1.29, 1.82) is 0 Å². The third kappa shape index (κ3) is 3.39. The first-order chi connectivity index (χ1) is 14.6. The molecule has 30 heavy (non-hydrogen) atoms. The zero-order valence-electron chi connectivity index (χ0n) is 16.6. The normalized spacial score (nSPS) is 14.0. The molecule has 0 unspecified atom stereocenters. The number of aromatic nitrogens is 1. The summed E-state index contributed by atoms with van der Waals surface area (Å²) in [6.45, 7) is 1.77. The van der Waals surface area contributed by atoms with Crippen LogP contribution in [0.2, 0.25) is 0 Å². The number of nitrogens with two attached hydrogens (primary N) is 1. The molecule has 152 valence electrons. The van der Waals surface area contributed by atoms with Gasteiger partial charge in [0.1, 0.15) is 10.6 Å². The van der Waals surface area contributed by atoms with Gasteiger partial charge >= 0.3 is 0 Å². The first-order valence-corrected chi connectivity index (χ1v) is 11.5. The van der Waals surface area contributed by atoms with Crippen molar-refractivity contribution in [3.63, 3.8) is 0 Å². The van der Waals surface area contributed by atoms with E-state index in [0.29, 0.717) is 16.3 Å². The van der Waals surface area contributed by atoms with Crippen molar-refractivity contribution in [2.45, 2.75) is 13.0 Å². The van der Waals surface area contributed by atoms with Crippen molar-refractivity contribution in [3.05, 3.63) is 64.0 Å². The Morgan fingerprint density at radius 3 is 2.83 bits per heavy atom. The fourth-order valence-electron chi connectivity index (χ4n) is 3.89. The second kappa shape index (κ2) is 7.83. The van der Waals surface area contributed by atoms with Gasteiger partial charge in [-0.15, -0.1) is 22.7 Å². The molecule has 4 heterocycles. The number of thiophene rings is 2. The minimum Gasteiger partial charge on any atom is -0.485 e. The summed E-state index contributed by atoms with van der Waals surface area (Å²) in [6, 6.07) is 13.5. The molecule has 7 heteroatoms. The Kier molecular flexibility index (Phi) is 5.02. The van der Waals surface area contributed by atoms with E-state index in [1.807, 2.05) is 36.4 Å². The molecule has 0 saturated heterocycles. The molecule has 5 rings (SSSR count). The number of ketones is 1. The van der Waals surface area contributed by atoms with Gasteiger partial charge in [0.05, 0.1) is 10.6 Å². The molecule has 3 aromatic heterocycles. The number of carbonyl (C=O) groups is 1. The number of likely N-dealkylation sites (N-methyl/N-ethyl adjacent to an activating group) is 1. The number of anilines is 1. The first kappa shape index (κ1) is 19.2. The third-order valence-electron chi connectivity index (χ3n) is 5.36. The van der Waals surface area contributed by atoms with Crippen LogP contribution in [0, 0.1) is 0 Å². The van der Waals surface area contributed by atoms with Crippen LogP contribution in [0.25, 0.3) is 20.7 Å². The molecule has 4 aromatic rings. The molecule has 1 aromatic carbocycles. The van der Waals surface area contributed by atoms with E-state index in [0.717, 1.165) is 45.9 Å². The second-order valence-electron chi connectivity index (χ2n) is 7.43. The van der Waals surface area contributed by atoms with Gasteiger partial charge in [-0.05, 0) is 36.2 Å². The second-order valence-corrected chi connectivity index (χ2v) is 9.37. The maximum atomic E-state index is 13.0. The summed E-state index contributed by atoms with van der Waals surface area (Å²) in [6.07, 6.45) is 0.901. The molecule has 0 bridgehead atoms. The maximum Gasteiger partial charge on any atom is 0.212 e. The summed E-state index contributed by atoms with van der Waals surface area (Å²) in [5.41, 5.74) is 10.6. The van der Waals surface area contributed by atoms with E-state index in [4.69, 9.17) is 15.5 Å². The molecule has 0 fully saturated rings. The molecular formula is C23H21N3O2S2. The highest BCUT2D eigenvalue weighted by Crippen LogP contribution is 2.44. The van der Waals surface area contributed by atoms with E-state index in [-0.39, 0.29) is 12.4 Å². The molecule has 0 radical (unpaired) electrons. The van der Waals surface area contributed by atoms with Gasteiger partial charge in [-0.1, -0.05) is 24.3 Å². The zero-order valence-corrected chi connectivity index (χ0v) is 18.2. The number of para-hydroxylation sites is 1. The summed E-state index contributed by atoms with van der Waals surface area (Å²) in [7, 11) is 2.12. The van der Waals surface area contributed by atoms with E-state index in [1.165, 1.54) is 16.9 Å². The number of carbonyl (C=O) groups excluding carboxylic acids is 1. The van der Waals surface area contributed by atoms with Gasteiger partial charge in [-0.3, -0.25) is 4.79 Å². The number of Topliss-reactive ketones (excluding diaryl/α,β-unsaturated/α-hetero) is 1. The van der Waals surface area contributed by atoms with Crippen LogP contribution in [-0.4, -0.2) is 35.9 Å². The van der Waals surface area contributed by atoms with Gasteiger partial charge < -0.3 is 15.4 Å². The van der Waals surface area contributed by atoms with Crippen LogP contribution in [0.15, 0.2) is 47.8 Å². The van der Waals surface area contributed by atoms with Gasteiger partial charge in [-0.25, -0.2) is 4.98 Å². The highest BCUT2D eigenvalue weighted by Gasteiger charge is 2.27. The van der Waals surface area contributed by atoms with Crippen molar-refractivity contribution in [1.82, 2.24) is 9.88 Å². The van der Waals surface area contributed by atoms with Crippen LogP contribution in [0.1, 0.15) is 20.9 Å². The van der Waals surface area contributed by atoms with E-state index >= 15 is 0 Å². The molecule has 0 amide bonds. The first-order valence-electron chi connectivity index (χ1n) is 9.79. The molecule has 1 aliphatic rings. The average molecular weight is 436 g/mol. The molecule has 1 aliphatic heterocycles. The summed E-state index contributed by atoms with van der Waals surface area (Å²) >= 11 is 3.07. The van der Waals surface area contributed by atoms with E-state index in [2.05, 4.69) is 23.4 Å². The Balaban J connectivity index is 1.60. The van der Waals surface area contributed by atoms with Crippen LogP contribution in [0.4, 0.5) is 5.69 Å². The monoisotopic (exact) mass is 435 g/mol. The molecule has 0 saturated carbocycles. The number of benzene rings is 1. The van der Waals surface area contributed by atoms with E-state index in [1.54, 1.807) is 11.3 Å². The lowest BCUT2D eigenvalue weighted by atomic mass is 9.96. The van der Waals surface area contributed by atoms with Gasteiger partial charge in [0.25, 0.3) is 0 Å². The Hall–Kier alpha value is -2.74. The minimum atomic E-state index is -0.119. The van der Waals surface area contributed by atoms with E-state index < -0.39 is 0 Å². The predicted octanol–water partition coefficient (Wildman–Crippen LogP) is 4.86. The van der Waals surface area contributed by atoms with Crippen molar-refractivity contribution < 1.29 is 9.53 Å². The van der Waals surface area contributed by atoms with Crippen LogP contribution in [-0.2, 0) is 13.0 Å². The predicted molar refractivity (Wildman–Crippen MR) is 124 cm³/mol. The fraction of sp³-hybridized carbons (Fsp3) is 0.217. The third-order valence-corrected chi connectivity index (χ3v) is 7.38. The lowest BCUT2D eigenvalue weighted by Crippen LogP contribution is -2.27. The number of pyridine rings is 1. The largest absolute Gasteiger partial charge is 0.485 e. The van der Waals surface area contributed by atoms with Crippen LogP contribution in [0.5, 0.6) is 5.75 Å². The zero-order chi connectivity index (χ0) is 20.7. The Bertz CT molecular complexity index is 1220. The quantitative estimate of drug-likeness (QED) is 0.454. The van der Waals surface area contributed by atoms with Gasteiger partial charge in [0.2, 0.25) is 5.78 Å². The number of ether oxygens (including phenoxy) is 1. The number of nitrogens with zero attached hydrogens (tertiary/aromatic N) is 2. The van der Waals surface area contributed by atoms with Gasteiger partial charge in [-0.2, -0.15) is 0 Å². The van der Waals surface area contributed by atoms with Crippen molar-refractivity contribution in [3.8, 4) is 16.2 Å². The Labute approximate surface area is 182 Å². The summed E-state index contributed by atoms with van der Waals surface area (Å²) < 4.78 is 5.67. The standard InChI is InChI=1S/C23H21N3O2S2/c1-26-10-9-16-15(12-26)19(18-8-5-11-29-18)20-21(24)22(30-23(20)25-16)17(27)13-28-14-6-3-2-4-7-14/h2-8,11H,9-10,12-13,24H2,1H3. The minimum absolute atomic E-state index is 0.0438. The lowest BCUT2D eigenvalue weighted by molar-refractivity contribution is 0.0926. The molecule has 0 aliphatic carbocycles. The molecule has 0 atom stereocenters. The van der Waals surface area contributed by atoms with Crippen molar-refractivity contribution >= 4 is 44.4 Å². The lowest BCUT2D eigenvalue weighted by Gasteiger charge is -2.26. The average Bonchev–Trinajstić information content (AvgIpc) is 3.40. The number of rotatable bonds is 5. The number of nitrogen functional groups attached to an aromatic ring is 1. The van der Waals surface area contributed by atoms with Crippen LogP contribution in [0.3, 0.4) is 0 Å². The highest BCUT2D eigenvalue weighted by atomic mass is 32.1. The van der Waals surface area contributed by atoms with Crippen LogP contribution < -0.4 is 10.5 Å².